The lowest BCUT2D eigenvalue weighted by molar-refractivity contribution is 0.680. The minimum atomic E-state index is 0.881. The number of halogens is 1. The van der Waals surface area contributed by atoms with Crippen molar-refractivity contribution in [2.45, 2.75) is 0 Å². The van der Waals surface area contributed by atoms with Crippen molar-refractivity contribution in [2.75, 3.05) is 13.1 Å². The van der Waals surface area contributed by atoms with Crippen LogP contribution in [0.15, 0.2) is 28.2 Å². The Morgan fingerprint density at radius 2 is 2.29 bits per heavy atom. The molecule has 0 bridgehead atoms. The van der Waals surface area contributed by atoms with E-state index >= 15 is 0 Å². The molecule has 14 heavy (non-hydrogen) atoms. The van der Waals surface area contributed by atoms with Gasteiger partial charge in [0.15, 0.2) is 0 Å². The van der Waals surface area contributed by atoms with E-state index < -0.39 is 0 Å². The summed E-state index contributed by atoms with van der Waals surface area (Å²) in [4.78, 5) is 11.0. The molecule has 3 nitrogen and oxygen atoms in total. The van der Waals surface area contributed by atoms with E-state index in [1.165, 1.54) is 3.57 Å². The second kappa shape index (κ2) is 3.05. The topological polar surface area (TPSA) is 28.0 Å². The van der Waals surface area contributed by atoms with E-state index in [9.17, 15) is 0 Å². The average molecular weight is 297 g/mol. The number of rotatable bonds is 0. The molecule has 0 N–H and O–H groups in total. The van der Waals surface area contributed by atoms with Crippen molar-refractivity contribution in [3.63, 3.8) is 0 Å². The van der Waals surface area contributed by atoms with Crippen LogP contribution in [0.3, 0.4) is 0 Å². The van der Waals surface area contributed by atoms with Crippen LogP contribution in [0, 0.1) is 3.57 Å². The Kier molecular flexibility index (Phi) is 1.83. The van der Waals surface area contributed by atoms with Crippen LogP contribution in [0.5, 0.6) is 0 Å². The summed E-state index contributed by atoms with van der Waals surface area (Å²) in [5, 5.41) is 0. The lowest BCUT2D eigenvalue weighted by Gasteiger charge is -2.20. The van der Waals surface area contributed by atoms with Gasteiger partial charge < -0.3 is 4.90 Å². The smallest absolute Gasteiger partial charge is 0.138 e. The third kappa shape index (κ3) is 1.17. The lowest BCUT2D eigenvalue weighted by atomic mass is 10.1. The van der Waals surface area contributed by atoms with E-state index in [4.69, 9.17) is 0 Å². The standard InChI is InChI=1S/C10H8IN3/c11-7-1-2-9-8(5-7)10-12-3-4-14(10)6-13-9/h1-2,5-6H,3-4H2. The molecule has 0 aliphatic carbocycles. The van der Waals surface area contributed by atoms with Crippen molar-refractivity contribution in [1.82, 2.24) is 4.90 Å². The number of benzene rings is 1. The Morgan fingerprint density at radius 1 is 1.36 bits per heavy atom. The Labute approximate surface area is 95.7 Å². The van der Waals surface area contributed by atoms with Crippen molar-refractivity contribution in [3.05, 3.63) is 27.3 Å². The molecular weight excluding hydrogens is 289 g/mol. The van der Waals surface area contributed by atoms with E-state index in [-0.39, 0.29) is 0 Å². The summed E-state index contributed by atoms with van der Waals surface area (Å²) in [6.07, 6.45) is 1.88. The normalized spacial score (nSPS) is 17.8. The van der Waals surface area contributed by atoms with Crippen molar-refractivity contribution >= 4 is 40.5 Å². The third-order valence-corrected chi connectivity index (χ3v) is 3.08. The van der Waals surface area contributed by atoms with Gasteiger partial charge in [0.2, 0.25) is 0 Å². The highest BCUT2D eigenvalue weighted by Gasteiger charge is 2.22. The molecule has 0 fully saturated rings. The fraction of sp³-hybridized carbons (Fsp3) is 0.200. The van der Waals surface area contributed by atoms with E-state index in [0.29, 0.717) is 0 Å². The molecule has 0 unspecified atom stereocenters. The van der Waals surface area contributed by atoms with Crippen LogP contribution in [0.2, 0.25) is 0 Å². The first kappa shape index (κ1) is 8.40. The van der Waals surface area contributed by atoms with Crippen LogP contribution in [0.1, 0.15) is 5.56 Å². The molecule has 0 amide bonds. The fourth-order valence-electron chi connectivity index (χ4n) is 1.74. The van der Waals surface area contributed by atoms with Gasteiger partial charge in [0.05, 0.1) is 18.6 Å². The molecule has 1 aromatic rings. The summed E-state index contributed by atoms with van der Waals surface area (Å²) in [5.41, 5.74) is 2.19. The summed E-state index contributed by atoms with van der Waals surface area (Å²) < 4.78 is 1.23. The third-order valence-electron chi connectivity index (χ3n) is 2.41. The number of amidine groups is 1. The van der Waals surface area contributed by atoms with Gasteiger partial charge in [-0.1, -0.05) is 0 Å². The summed E-state index contributed by atoms with van der Waals surface area (Å²) >= 11 is 2.31. The van der Waals surface area contributed by atoms with E-state index in [0.717, 1.165) is 30.2 Å². The highest BCUT2D eigenvalue weighted by Crippen LogP contribution is 2.27. The predicted molar refractivity (Wildman–Crippen MR) is 65.4 cm³/mol. The van der Waals surface area contributed by atoms with Crippen LogP contribution in [0.4, 0.5) is 5.69 Å². The van der Waals surface area contributed by atoms with Gasteiger partial charge in [-0.05, 0) is 40.8 Å². The molecular formula is C10H8IN3. The zero-order chi connectivity index (χ0) is 9.54. The second-order valence-electron chi connectivity index (χ2n) is 3.30. The maximum absolute atomic E-state index is 4.49. The largest absolute Gasteiger partial charge is 0.315 e. The monoisotopic (exact) mass is 297 g/mol. The van der Waals surface area contributed by atoms with Gasteiger partial charge in [-0.15, -0.1) is 0 Å². The minimum absolute atomic E-state index is 0.881. The van der Waals surface area contributed by atoms with Gasteiger partial charge >= 0.3 is 0 Å². The average Bonchev–Trinajstić information content (AvgIpc) is 2.65. The first-order valence-electron chi connectivity index (χ1n) is 4.50. The maximum Gasteiger partial charge on any atom is 0.138 e. The van der Waals surface area contributed by atoms with Crippen molar-refractivity contribution in [1.29, 1.82) is 0 Å². The second-order valence-corrected chi connectivity index (χ2v) is 4.55. The Hall–Kier alpha value is -0.910. The highest BCUT2D eigenvalue weighted by molar-refractivity contribution is 14.1. The van der Waals surface area contributed by atoms with Gasteiger partial charge in [-0.3, -0.25) is 4.99 Å². The molecule has 2 aliphatic rings. The van der Waals surface area contributed by atoms with Gasteiger partial charge in [-0.2, -0.15) is 0 Å². The lowest BCUT2D eigenvalue weighted by Crippen LogP contribution is -2.29. The molecule has 2 aliphatic heterocycles. The number of hydrogen-bond donors (Lipinski definition) is 0. The zero-order valence-electron chi connectivity index (χ0n) is 7.44. The molecule has 0 spiro atoms. The van der Waals surface area contributed by atoms with Crippen molar-refractivity contribution in [2.24, 2.45) is 9.98 Å². The van der Waals surface area contributed by atoms with Gasteiger partial charge in [0.25, 0.3) is 0 Å². The first-order valence-corrected chi connectivity index (χ1v) is 5.58. The Bertz CT molecular complexity index is 451. The quantitative estimate of drug-likeness (QED) is 0.673. The highest BCUT2D eigenvalue weighted by atomic mass is 127. The zero-order valence-corrected chi connectivity index (χ0v) is 9.60. The van der Waals surface area contributed by atoms with E-state index in [1.807, 2.05) is 12.4 Å². The Morgan fingerprint density at radius 3 is 3.21 bits per heavy atom. The predicted octanol–water partition coefficient (Wildman–Crippen LogP) is 2.03. The van der Waals surface area contributed by atoms with Crippen LogP contribution < -0.4 is 0 Å². The number of nitrogens with zero attached hydrogens (tertiary/aromatic N) is 3. The van der Waals surface area contributed by atoms with Crippen LogP contribution >= 0.6 is 22.6 Å². The fourth-order valence-corrected chi connectivity index (χ4v) is 2.24. The molecule has 70 valence electrons. The van der Waals surface area contributed by atoms with Crippen LogP contribution in [0.25, 0.3) is 0 Å². The van der Waals surface area contributed by atoms with E-state index in [2.05, 4.69) is 49.6 Å². The van der Waals surface area contributed by atoms with Crippen molar-refractivity contribution < 1.29 is 0 Å². The van der Waals surface area contributed by atoms with Crippen molar-refractivity contribution in [3.8, 4) is 0 Å². The summed E-state index contributed by atoms with van der Waals surface area (Å²) in [5.74, 6) is 1.08. The minimum Gasteiger partial charge on any atom is -0.315 e. The molecule has 4 heteroatoms. The number of aliphatic imine (C=N–C) groups is 2. The van der Waals surface area contributed by atoms with E-state index in [1.54, 1.807) is 0 Å². The maximum atomic E-state index is 4.49. The molecule has 0 aromatic heterocycles. The molecule has 0 saturated carbocycles. The molecule has 2 heterocycles. The number of fused-ring (bicyclic) bond motifs is 3. The Balaban J connectivity index is 2.22. The SMILES string of the molecule is Ic1ccc2c(c1)C1=NCCN1C=N2. The number of hydrogen-bond acceptors (Lipinski definition) is 3. The van der Waals surface area contributed by atoms with Crippen LogP contribution in [-0.4, -0.2) is 30.2 Å². The summed E-state index contributed by atoms with van der Waals surface area (Å²) in [6.45, 7) is 1.84. The molecule has 1 aromatic carbocycles. The molecule has 0 radical (unpaired) electrons. The summed E-state index contributed by atoms with van der Waals surface area (Å²) in [7, 11) is 0. The first-order chi connectivity index (χ1) is 6.84. The molecule has 0 saturated heterocycles. The molecule has 3 rings (SSSR count). The molecule has 0 atom stereocenters. The summed E-state index contributed by atoms with van der Waals surface area (Å²) in [6, 6.07) is 6.26. The van der Waals surface area contributed by atoms with Gasteiger partial charge in [0, 0.05) is 15.7 Å². The van der Waals surface area contributed by atoms with Gasteiger partial charge in [-0.25, -0.2) is 4.99 Å². The van der Waals surface area contributed by atoms with Gasteiger partial charge in [0.1, 0.15) is 5.84 Å². The van der Waals surface area contributed by atoms with Crippen LogP contribution in [-0.2, 0) is 0 Å².